The number of primary amides is 1. The number of aromatic nitrogens is 2. The van der Waals surface area contributed by atoms with Gasteiger partial charge in [0.2, 0.25) is 0 Å². The smallest absolute Gasteiger partial charge is 0.293 e. The standard InChI is InChI=1S/C17H11BrN4O3S/c18-10-1-2-13-8(3-10)5-14(25-13)16(24)22-17-21-12(7-26-17)9-4-11(15(19)23)20-6-9/h1-7,20H,(H2,19,23)(H,21,22,24). The highest BCUT2D eigenvalue weighted by Gasteiger charge is 2.15. The Balaban J connectivity index is 1.54. The number of hydrogen-bond donors (Lipinski definition) is 3. The molecule has 0 radical (unpaired) electrons. The number of H-pyrrole nitrogens is 1. The zero-order valence-electron chi connectivity index (χ0n) is 13.1. The number of nitrogens with zero attached hydrogens (tertiary/aromatic N) is 1. The monoisotopic (exact) mass is 430 g/mol. The summed E-state index contributed by atoms with van der Waals surface area (Å²) in [5, 5.41) is 5.75. The molecule has 0 aliphatic carbocycles. The number of hydrogen-bond acceptors (Lipinski definition) is 5. The fourth-order valence-electron chi connectivity index (χ4n) is 2.43. The lowest BCUT2D eigenvalue weighted by atomic mass is 10.2. The van der Waals surface area contributed by atoms with Crippen LogP contribution in [0.4, 0.5) is 5.13 Å². The highest BCUT2D eigenvalue weighted by molar-refractivity contribution is 9.10. The number of carbonyl (C=O) groups excluding carboxylic acids is 2. The number of halogens is 1. The molecule has 4 N–H and O–H groups in total. The molecule has 26 heavy (non-hydrogen) atoms. The fourth-order valence-corrected chi connectivity index (χ4v) is 3.53. The number of amides is 2. The zero-order chi connectivity index (χ0) is 18.3. The van der Waals surface area contributed by atoms with Crippen molar-refractivity contribution < 1.29 is 14.0 Å². The number of nitrogens with one attached hydrogen (secondary N) is 2. The maximum Gasteiger partial charge on any atom is 0.293 e. The van der Waals surface area contributed by atoms with Crippen LogP contribution in [0.1, 0.15) is 21.0 Å². The number of aromatic amines is 1. The van der Waals surface area contributed by atoms with Gasteiger partial charge in [0.1, 0.15) is 11.3 Å². The number of anilines is 1. The van der Waals surface area contributed by atoms with Gasteiger partial charge in [0.05, 0.1) is 5.69 Å². The van der Waals surface area contributed by atoms with Gasteiger partial charge in [-0.15, -0.1) is 11.3 Å². The first-order valence-electron chi connectivity index (χ1n) is 7.44. The number of rotatable bonds is 4. The topological polar surface area (TPSA) is 114 Å². The Hall–Kier alpha value is -2.91. The highest BCUT2D eigenvalue weighted by atomic mass is 79.9. The van der Waals surface area contributed by atoms with Crippen molar-refractivity contribution in [3.63, 3.8) is 0 Å². The predicted molar refractivity (Wildman–Crippen MR) is 102 cm³/mol. The van der Waals surface area contributed by atoms with E-state index in [2.05, 4.69) is 31.2 Å². The molecule has 4 rings (SSSR count). The summed E-state index contributed by atoms with van der Waals surface area (Å²) < 4.78 is 6.47. The van der Waals surface area contributed by atoms with Crippen LogP contribution >= 0.6 is 27.3 Å². The Kier molecular flexibility index (Phi) is 4.09. The van der Waals surface area contributed by atoms with Crippen molar-refractivity contribution in [2.75, 3.05) is 5.32 Å². The summed E-state index contributed by atoms with van der Waals surface area (Å²) in [5.41, 5.74) is 7.49. The Bertz CT molecular complexity index is 1140. The van der Waals surface area contributed by atoms with Crippen molar-refractivity contribution in [2.24, 2.45) is 5.73 Å². The molecule has 7 nitrogen and oxygen atoms in total. The molecular weight excluding hydrogens is 420 g/mol. The van der Waals surface area contributed by atoms with Gasteiger partial charge in [-0.25, -0.2) is 4.98 Å². The number of fused-ring (bicyclic) bond motifs is 1. The lowest BCUT2D eigenvalue weighted by Gasteiger charge is -1.97. The van der Waals surface area contributed by atoms with Crippen molar-refractivity contribution in [3.05, 3.63) is 57.8 Å². The molecule has 3 heterocycles. The van der Waals surface area contributed by atoms with Crippen molar-refractivity contribution >= 4 is 55.2 Å². The van der Waals surface area contributed by atoms with E-state index in [9.17, 15) is 9.59 Å². The third-order valence-electron chi connectivity index (χ3n) is 3.67. The minimum atomic E-state index is -0.545. The summed E-state index contributed by atoms with van der Waals surface area (Å²) in [7, 11) is 0. The Morgan fingerprint density at radius 2 is 2.12 bits per heavy atom. The second-order valence-corrected chi connectivity index (χ2v) is 7.22. The van der Waals surface area contributed by atoms with Crippen LogP contribution in [0.3, 0.4) is 0 Å². The molecular formula is C17H11BrN4O3S. The molecule has 130 valence electrons. The van der Waals surface area contributed by atoms with E-state index < -0.39 is 5.91 Å². The first-order chi connectivity index (χ1) is 12.5. The SMILES string of the molecule is NC(=O)c1cc(-c2csc(NC(=O)c3cc4cc(Br)ccc4o3)n2)c[nH]1. The van der Waals surface area contributed by atoms with Crippen LogP contribution < -0.4 is 11.1 Å². The van der Waals surface area contributed by atoms with Gasteiger partial charge >= 0.3 is 0 Å². The van der Waals surface area contributed by atoms with E-state index in [-0.39, 0.29) is 11.7 Å². The van der Waals surface area contributed by atoms with Crippen LogP contribution in [-0.4, -0.2) is 21.8 Å². The summed E-state index contributed by atoms with van der Waals surface area (Å²) in [6.07, 6.45) is 1.64. The van der Waals surface area contributed by atoms with Gasteiger partial charge in [-0.2, -0.15) is 0 Å². The molecule has 0 fully saturated rings. The molecule has 4 aromatic rings. The van der Waals surface area contributed by atoms with Gasteiger partial charge in [0.25, 0.3) is 11.8 Å². The molecule has 0 aliphatic rings. The molecule has 1 aromatic carbocycles. The van der Waals surface area contributed by atoms with Crippen LogP contribution in [0.15, 0.2) is 50.8 Å². The summed E-state index contributed by atoms with van der Waals surface area (Å²) in [6.45, 7) is 0. The summed E-state index contributed by atoms with van der Waals surface area (Å²) in [4.78, 5) is 30.7. The minimum Gasteiger partial charge on any atom is -0.451 e. The number of furan rings is 1. The van der Waals surface area contributed by atoms with Crippen LogP contribution in [0, 0.1) is 0 Å². The van der Waals surface area contributed by atoms with Crippen LogP contribution in [-0.2, 0) is 0 Å². The van der Waals surface area contributed by atoms with Crippen molar-refractivity contribution in [3.8, 4) is 11.3 Å². The van der Waals surface area contributed by atoms with Crippen LogP contribution in [0.25, 0.3) is 22.2 Å². The normalized spacial score (nSPS) is 11.0. The second kappa shape index (κ2) is 6.43. The number of thiazole rings is 1. The van der Waals surface area contributed by atoms with Crippen molar-refractivity contribution in [2.45, 2.75) is 0 Å². The Labute approximate surface area is 159 Å². The number of benzene rings is 1. The molecule has 0 bridgehead atoms. The molecule has 0 saturated carbocycles. The first kappa shape index (κ1) is 16.6. The average molecular weight is 431 g/mol. The summed E-state index contributed by atoms with van der Waals surface area (Å²) >= 11 is 4.66. The Morgan fingerprint density at radius 3 is 2.88 bits per heavy atom. The quantitative estimate of drug-likeness (QED) is 0.453. The highest BCUT2D eigenvalue weighted by Crippen LogP contribution is 2.27. The van der Waals surface area contributed by atoms with E-state index in [0.717, 1.165) is 9.86 Å². The molecule has 9 heteroatoms. The molecule has 2 amide bonds. The van der Waals surface area contributed by atoms with E-state index in [1.165, 1.54) is 11.3 Å². The third-order valence-corrected chi connectivity index (χ3v) is 4.92. The second-order valence-electron chi connectivity index (χ2n) is 5.45. The van der Waals surface area contributed by atoms with Gasteiger partial charge in [-0.1, -0.05) is 15.9 Å². The van der Waals surface area contributed by atoms with E-state index >= 15 is 0 Å². The fraction of sp³-hybridized carbons (Fsp3) is 0. The number of carbonyl (C=O) groups is 2. The van der Waals surface area contributed by atoms with Crippen molar-refractivity contribution in [1.29, 1.82) is 0 Å². The predicted octanol–water partition coefficient (Wildman–Crippen LogP) is 4.00. The van der Waals surface area contributed by atoms with Gasteiger partial charge in [0, 0.05) is 27.0 Å². The number of nitrogens with two attached hydrogens (primary N) is 1. The minimum absolute atomic E-state index is 0.201. The molecule has 3 aromatic heterocycles. The van der Waals surface area contributed by atoms with Gasteiger partial charge in [0.15, 0.2) is 10.9 Å². The maximum atomic E-state index is 12.4. The van der Waals surface area contributed by atoms with E-state index in [1.54, 1.807) is 29.8 Å². The zero-order valence-corrected chi connectivity index (χ0v) is 15.5. The van der Waals surface area contributed by atoms with Crippen LogP contribution in [0.2, 0.25) is 0 Å². The molecule has 0 unspecified atom stereocenters. The largest absolute Gasteiger partial charge is 0.451 e. The third kappa shape index (κ3) is 3.14. The van der Waals surface area contributed by atoms with Crippen LogP contribution in [0.5, 0.6) is 0 Å². The maximum absolute atomic E-state index is 12.4. The van der Waals surface area contributed by atoms with Gasteiger partial charge in [-0.3, -0.25) is 14.9 Å². The molecule has 0 aliphatic heterocycles. The van der Waals surface area contributed by atoms with E-state index in [1.807, 2.05) is 12.1 Å². The summed E-state index contributed by atoms with van der Waals surface area (Å²) in [6, 6.07) is 8.80. The lowest BCUT2D eigenvalue weighted by molar-refractivity contribution is 0.0989. The van der Waals surface area contributed by atoms with Gasteiger partial charge < -0.3 is 15.1 Å². The van der Waals surface area contributed by atoms with E-state index in [4.69, 9.17) is 10.2 Å². The first-order valence-corrected chi connectivity index (χ1v) is 9.11. The molecule has 0 spiro atoms. The van der Waals surface area contributed by atoms with Crippen molar-refractivity contribution in [1.82, 2.24) is 9.97 Å². The Morgan fingerprint density at radius 1 is 1.27 bits per heavy atom. The molecule has 0 saturated heterocycles. The van der Waals surface area contributed by atoms with E-state index in [0.29, 0.717) is 27.7 Å². The van der Waals surface area contributed by atoms with Gasteiger partial charge in [-0.05, 0) is 30.3 Å². The molecule has 0 atom stereocenters. The lowest BCUT2D eigenvalue weighted by Crippen LogP contribution is -2.10. The average Bonchev–Trinajstić information content (AvgIpc) is 3.32. The summed E-state index contributed by atoms with van der Waals surface area (Å²) in [5.74, 6) is -0.728.